The van der Waals surface area contributed by atoms with E-state index in [1.165, 1.54) is 116 Å². The number of hydrogen-bond acceptors (Lipinski definition) is 7. The third kappa shape index (κ3) is 20.9. The molecule has 70 heavy (non-hydrogen) atoms. The van der Waals surface area contributed by atoms with Crippen molar-refractivity contribution in [3.05, 3.63) is 11.6 Å². The number of esters is 1. The van der Waals surface area contributed by atoms with Gasteiger partial charge in [-0.25, -0.2) is 4.79 Å². The van der Waals surface area contributed by atoms with E-state index >= 15 is 0 Å². The SMILES string of the molecule is CCCCCCCCOC(CCCCCCN(CCCCCC(=O)OC1CCC2(C)C(=CCC3C2CCC2(C)C(C(C)CCCC(C)C)CCC32)C1)C(=O)OCCCN(C)C)OCCCCCCCC. The van der Waals surface area contributed by atoms with Crippen LogP contribution in [0.4, 0.5) is 4.79 Å². The van der Waals surface area contributed by atoms with E-state index in [9.17, 15) is 9.59 Å². The third-order valence-corrected chi connectivity index (χ3v) is 18.3. The standard InChI is InChI=1S/C62H114N2O6/c1-10-12-14-16-20-27-46-67-59(68-47-28-21-17-15-13-11-2)34-24-18-19-25-44-64(60(66)69-48-30-43-63(8)9)45-26-22-23-33-58(65)70-53-39-41-61(6)52(49-53)35-36-54-56-38-37-55(51(5)32-29-31-50(3)4)62(56,7)42-40-57(54)61/h35,50-51,53-57,59H,10-34,36-49H2,1-9H3. The zero-order chi connectivity index (χ0) is 50.6. The van der Waals surface area contributed by atoms with Gasteiger partial charge in [0.2, 0.25) is 0 Å². The number of ether oxygens (including phenoxy) is 4. The Labute approximate surface area is 433 Å². The summed E-state index contributed by atoms with van der Waals surface area (Å²) in [5.74, 6) is 4.98. The number of carbonyl (C=O) groups excluding carboxylic acids is 2. The van der Waals surface area contributed by atoms with Gasteiger partial charge in [-0.1, -0.05) is 163 Å². The minimum atomic E-state index is -0.200. The molecule has 0 radical (unpaired) electrons. The average Bonchev–Trinajstić information content (AvgIpc) is 3.69. The first-order chi connectivity index (χ1) is 33.8. The lowest BCUT2D eigenvalue weighted by Crippen LogP contribution is -2.51. The molecule has 4 aliphatic rings. The van der Waals surface area contributed by atoms with E-state index in [-0.39, 0.29) is 29.9 Å². The number of rotatable bonds is 39. The van der Waals surface area contributed by atoms with Crippen LogP contribution < -0.4 is 0 Å². The van der Waals surface area contributed by atoms with Crippen molar-refractivity contribution >= 4 is 12.1 Å². The molecular weight excluding hydrogens is 869 g/mol. The van der Waals surface area contributed by atoms with E-state index in [0.717, 1.165) is 145 Å². The van der Waals surface area contributed by atoms with Crippen molar-refractivity contribution < 1.29 is 28.5 Å². The highest BCUT2D eigenvalue weighted by Gasteiger charge is 2.59. The Balaban J connectivity index is 1.16. The van der Waals surface area contributed by atoms with Crippen molar-refractivity contribution in [3.8, 4) is 0 Å². The van der Waals surface area contributed by atoms with Gasteiger partial charge >= 0.3 is 12.1 Å². The molecule has 0 heterocycles. The maximum Gasteiger partial charge on any atom is 0.409 e. The second-order valence-corrected chi connectivity index (χ2v) is 24.6. The van der Waals surface area contributed by atoms with E-state index in [4.69, 9.17) is 18.9 Å². The lowest BCUT2D eigenvalue weighted by molar-refractivity contribution is -0.151. The molecule has 4 aliphatic carbocycles. The van der Waals surface area contributed by atoms with Gasteiger partial charge in [0.05, 0.1) is 6.61 Å². The fraction of sp³-hybridized carbons (Fsp3) is 0.935. The topological polar surface area (TPSA) is 77.5 Å². The minimum Gasteiger partial charge on any atom is -0.462 e. The van der Waals surface area contributed by atoms with E-state index < -0.39 is 0 Å². The fourth-order valence-electron chi connectivity index (χ4n) is 14.0. The average molecular weight is 984 g/mol. The van der Waals surface area contributed by atoms with Crippen LogP contribution in [0, 0.1) is 46.3 Å². The maximum atomic E-state index is 13.3. The van der Waals surface area contributed by atoms with E-state index in [0.29, 0.717) is 31.5 Å². The molecule has 0 aromatic rings. The number of hydrogen-bond donors (Lipinski definition) is 0. The Kier molecular flexibility index (Phi) is 29.6. The van der Waals surface area contributed by atoms with Crippen molar-refractivity contribution in [1.82, 2.24) is 9.80 Å². The summed E-state index contributed by atoms with van der Waals surface area (Å²) in [5, 5.41) is 0. The summed E-state index contributed by atoms with van der Waals surface area (Å²) in [4.78, 5) is 30.6. The molecule has 8 nitrogen and oxygen atoms in total. The molecule has 0 aromatic heterocycles. The van der Waals surface area contributed by atoms with Crippen molar-refractivity contribution in [1.29, 1.82) is 0 Å². The van der Waals surface area contributed by atoms with Crippen LogP contribution in [0.15, 0.2) is 11.6 Å². The summed E-state index contributed by atoms with van der Waals surface area (Å²) in [6.07, 6.45) is 40.6. The monoisotopic (exact) mass is 983 g/mol. The second kappa shape index (κ2) is 34.0. The molecule has 8 unspecified atom stereocenters. The minimum absolute atomic E-state index is 0.0127. The van der Waals surface area contributed by atoms with E-state index in [2.05, 4.69) is 59.4 Å². The van der Waals surface area contributed by atoms with Gasteiger partial charge in [-0.2, -0.15) is 0 Å². The number of amides is 1. The molecule has 0 N–H and O–H groups in total. The Morgan fingerprint density at radius 3 is 1.93 bits per heavy atom. The van der Waals surface area contributed by atoms with E-state index in [1.54, 1.807) is 5.57 Å². The van der Waals surface area contributed by atoms with Crippen LogP contribution in [-0.4, -0.2) is 87.8 Å². The molecule has 1 amide bonds. The Bertz CT molecular complexity index is 1420. The van der Waals surface area contributed by atoms with Gasteiger partial charge in [-0.3, -0.25) is 4.79 Å². The Hall–Kier alpha value is -1.64. The van der Waals surface area contributed by atoms with Crippen molar-refractivity contribution in [2.24, 2.45) is 46.3 Å². The number of unbranched alkanes of at least 4 members (excludes halogenated alkanes) is 15. The first kappa shape index (κ1) is 60.9. The van der Waals surface area contributed by atoms with Gasteiger partial charge in [0.1, 0.15) is 6.10 Å². The molecule has 0 aliphatic heterocycles. The highest BCUT2D eigenvalue weighted by molar-refractivity contribution is 5.69. The lowest BCUT2D eigenvalue weighted by atomic mass is 9.47. The van der Waals surface area contributed by atoms with Gasteiger partial charge < -0.3 is 28.7 Å². The molecule has 408 valence electrons. The summed E-state index contributed by atoms with van der Waals surface area (Å²) >= 11 is 0. The molecule has 0 aromatic carbocycles. The zero-order valence-electron chi connectivity index (χ0n) is 47.6. The first-order valence-electron chi connectivity index (χ1n) is 30.5. The van der Waals surface area contributed by atoms with E-state index in [1.807, 2.05) is 19.0 Å². The molecule has 3 saturated carbocycles. The molecule has 0 saturated heterocycles. The van der Waals surface area contributed by atoms with Gasteiger partial charge in [-0.05, 0) is 157 Å². The van der Waals surface area contributed by atoms with Gasteiger partial charge in [0, 0.05) is 45.7 Å². The second-order valence-electron chi connectivity index (χ2n) is 24.6. The molecule has 0 spiro atoms. The summed E-state index contributed by atoms with van der Waals surface area (Å²) in [6.45, 7) is 21.4. The summed E-state index contributed by atoms with van der Waals surface area (Å²) in [5.41, 5.74) is 2.37. The summed E-state index contributed by atoms with van der Waals surface area (Å²) < 4.78 is 24.6. The fourth-order valence-corrected chi connectivity index (χ4v) is 14.0. The quantitative estimate of drug-likeness (QED) is 0.0263. The van der Waals surface area contributed by atoms with Gasteiger partial charge in [0.25, 0.3) is 0 Å². The molecule has 8 atom stereocenters. The summed E-state index contributed by atoms with van der Waals surface area (Å²) in [6, 6.07) is 0. The predicted octanol–water partition coefficient (Wildman–Crippen LogP) is 16.9. The maximum absolute atomic E-state index is 13.3. The van der Waals surface area contributed by atoms with Crippen LogP contribution in [0.2, 0.25) is 0 Å². The first-order valence-corrected chi connectivity index (χ1v) is 30.5. The van der Waals surface area contributed by atoms with Gasteiger partial charge in [0.15, 0.2) is 6.29 Å². The van der Waals surface area contributed by atoms with Crippen LogP contribution in [0.3, 0.4) is 0 Å². The normalized spacial score (nSPS) is 25.7. The Morgan fingerprint density at radius 2 is 1.27 bits per heavy atom. The van der Waals surface area contributed by atoms with Crippen LogP contribution in [0.25, 0.3) is 0 Å². The molecule has 3 fully saturated rings. The van der Waals surface area contributed by atoms with Gasteiger partial charge in [-0.15, -0.1) is 0 Å². The number of fused-ring (bicyclic) bond motifs is 5. The zero-order valence-corrected chi connectivity index (χ0v) is 47.6. The van der Waals surface area contributed by atoms with Crippen LogP contribution in [-0.2, 0) is 23.7 Å². The summed E-state index contributed by atoms with van der Waals surface area (Å²) in [7, 11) is 4.10. The molecule has 8 heteroatoms. The smallest absolute Gasteiger partial charge is 0.409 e. The Morgan fingerprint density at radius 1 is 0.643 bits per heavy atom. The van der Waals surface area contributed by atoms with Crippen LogP contribution in [0.1, 0.15) is 260 Å². The highest BCUT2D eigenvalue weighted by atomic mass is 16.7. The van der Waals surface area contributed by atoms with Crippen molar-refractivity contribution in [3.63, 3.8) is 0 Å². The molecule has 0 bridgehead atoms. The number of carbonyl (C=O) groups is 2. The van der Waals surface area contributed by atoms with Crippen LogP contribution >= 0.6 is 0 Å². The van der Waals surface area contributed by atoms with Crippen molar-refractivity contribution in [2.75, 3.05) is 53.6 Å². The predicted molar refractivity (Wildman–Crippen MR) is 293 cm³/mol. The molecule has 4 rings (SSSR count). The molecular formula is C62H114N2O6. The number of nitrogens with zero attached hydrogens (tertiary/aromatic N) is 2. The van der Waals surface area contributed by atoms with Crippen molar-refractivity contribution in [2.45, 2.75) is 273 Å². The number of allylic oxidation sites excluding steroid dienone is 1. The van der Waals surface area contributed by atoms with Crippen LogP contribution in [0.5, 0.6) is 0 Å². The highest BCUT2D eigenvalue weighted by Crippen LogP contribution is 2.67. The lowest BCUT2D eigenvalue weighted by Gasteiger charge is -2.58. The third-order valence-electron chi connectivity index (χ3n) is 18.3. The largest absolute Gasteiger partial charge is 0.462 e.